The van der Waals surface area contributed by atoms with Gasteiger partial charge in [0, 0.05) is 0 Å². The normalized spacial score (nSPS) is 10.4. The summed E-state index contributed by atoms with van der Waals surface area (Å²) >= 11 is 3.79. The first-order chi connectivity index (χ1) is 6.81. The van der Waals surface area contributed by atoms with Crippen molar-refractivity contribution < 1.29 is 13.9 Å². The van der Waals surface area contributed by atoms with Crippen molar-refractivity contribution in [3.05, 3.63) is 30.2 Å². The highest BCUT2D eigenvalue weighted by atomic mass is 32.1. The predicted molar refractivity (Wildman–Crippen MR) is 53.3 cm³/mol. The van der Waals surface area contributed by atoms with Crippen LogP contribution in [0.15, 0.2) is 29.0 Å². The van der Waals surface area contributed by atoms with Gasteiger partial charge in [0.2, 0.25) is 0 Å². The first kappa shape index (κ1) is 9.08. The van der Waals surface area contributed by atoms with E-state index in [1.807, 2.05) is 0 Å². The van der Waals surface area contributed by atoms with Gasteiger partial charge < -0.3 is 9.15 Å². The van der Waals surface area contributed by atoms with Gasteiger partial charge in [-0.05, 0) is 18.2 Å². The van der Waals surface area contributed by atoms with E-state index in [1.54, 1.807) is 18.2 Å². The molecular formula is C9H7NO3S. The Labute approximate surface area is 85.3 Å². The van der Waals surface area contributed by atoms with Gasteiger partial charge in [-0.3, -0.25) is 0 Å². The van der Waals surface area contributed by atoms with Crippen LogP contribution in [0.1, 0.15) is 10.4 Å². The number of ether oxygens (including phenoxy) is 1. The largest absolute Gasteiger partial charge is 0.451 e. The molecule has 0 unspecified atom stereocenters. The molecule has 1 aromatic carbocycles. The Morgan fingerprint density at radius 2 is 2.43 bits per heavy atom. The number of hydrogen-bond donors (Lipinski definition) is 1. The molecule has 72 valence electrons. The SMILES string of the molecule is O=C(OCS)c1ccc2ocnc2c1. The van der Waals surface area contributed by atoms with Crippen molar-refractivity contribution in [2.75, 3.05) is 5.94 Å². The lowest BCUT2D eigenvalue weighted by Gasteiger charge is -1.99. The number of nitrogens with zero attached hydrogens (tertiary/aromatic N) is 1. The van der Waals surface area contributed by atoms with Crippen LogP contribution in [-0.2, 0) is 4.74 Å². The van der Waals surface area contributed by atoms with E-state index in [0.717, 1.165) is 0 Å². The molecule has 1 heterocycles. The van der Waals surface area contributed by atoms with Crippen molar-refractivity contribution in [1.29, 1.82) is 0 Å². The van der Waals surface area contributed by atoms with Crippen LogP contribution in [0.4, 0.5) is 0 Å². The van der Waals surface area contributed by atoms with Crippen LogP contribution in [0.2, 0.25) is 0 Å². The van der Waals surface area contributed by atoms with Crippen LogP contribution in [-0.4, -0.2) is 16.9 Å². The number of thiol groups is 1. The fraction of sp³-hybridized carbons (Fsp3) is 0.111. The van der Waals surface area contributed by atoms with Gasteiger partial charge >= 0.3 is 5.97 Å². The van der Waals surface area contributed by atoms with Gasteiger partial charge in [-0.2, -0.15) is 0 Å². The molecule has 0 saturated carbocycles. The number of esters is 1. The Hall–Kier alpha value is -1.49. The average molecular weight is 209 g/mol. The third kappa shape index (κ3) is 1.58. The minimum Gasteiger partial charge on any atom is -0.451 e. The molecule has 2 rings (SSSR count). The van der Waals surface area contributed by atoms with Crippen LogP contribution >= 0.6 is 12.6 Å². The lowest BCUT2D eigenvalue weighted by molar-refractivity contribution is 0.0581. The number of carbonyl (C=O) groups is 1. The summed E-state index contributed by atoms with van der Waals surface area (Å²) in [7, 11) is 0. The Bertz CT molecular complexity index is 466. The van der Waals surface area contributed by atoms with Crippen molar-refractivity contribution in [2.45, 2.75) is 0 Å². The first-order valence-electron chi connectivity index (χ1n) is 3.92. The molecule has 0 fully saturated rings. The molecule has 2 aromatic rings. The molecular weight excluding hydrogens is 202 g/mol. The minimum absolute atomic E-state index is 0.0652. The maximum absolute atomic E-state index is 11.3. The molecule has 5 heteroatoms. The van der Waals surface area contributed by atoms with Crippen molar-refractivity contribution in [3.63, 3.8) is 0 Å². The number of aromatic nitrogens is 1. The summed E-state index contributed by atoms with van der Waals surface area (Å²) in [5.74, 6) is -0.347. The van der Waals surface area contributed by atoms with Gasteiger partial charge in [0.05, 0.1) is 5.56 Å². The van der Waals surface area contributed by atoms with E-state index in [2.05, 4.69) is 17.6 Å². The van der Waals surface area contributed by atoms with Gasteiger partial charge in [0.25, 0.3) is 0 Å². The molecule has 14 heavy (non-hydrogen) atoms. The summed E-state index contributed by atoms with van der Waals surface area (Å²) in [6.07, 6.45) is 1.33. The Morgan fingerprint density at radius 3 is 3.21 bits per heavy atom. The zero-order valence-electron chi connectivity index (χ0n) is 7.14. The Kier molecular flexibility index (Phi) is 2.41. The number of carbonyl (C=O) groups excluding carboxylic acids is 1. The van der Waals surface area contributed by atoms with Crippen LogP contribution in [0.25, 0.3) is 11.1 Å². The second-order valence-electron chi connectivity index (χ2n) is 2.60. The molecule has 0 saturated heterocycles. The second-order valence-corrected chi connectivity index (χ2v) is 2.85. The molecule has 0 amide bonds. The Morgan fingerprint density at radius 1 is 1.57 bits per heavy atom. The zero-order chi connectivity index (χ0) is 9.97. The van der Waals surface area contributed by atoms with E-state index in [9.17, 15) is 4.79 Å². The number of fused-ring (bicyclic) bond motifs is 1. The molecule has 0 aliphatic rings. The molecule has 4 nitrogen and oxygen atoms in total. The zero-order valence-corrected chi connectivity index (χ0v) is 8.03. The molecule has 0 spiro atoms. The molecule has 0 bridgehead atoms. The smallest absolute Gasteiger partial charge is 0.339 e. The monoisotopic (exact) mass is 209 g/mol. The van der Waals surface area contributed by atoms with Gasteiger partial charge in [0.15, 0.2) is 12.0 Å². The third-order valence-electron chi connectivity index (χ3n) is 1.76. The van der Waals surface area contributed by atoms with E-state index >= 15 is 0 Å². The van der Waals surface area contributed by atoms with E-state index in [0.29, 0.717) is 16.7 Å². The van der Waals surface area contributed by atoms with E-state index in [4.69, 9.17) is 9.15 Å². The Balaban J connectivity index is 2.38. The summed E-state index contributed by atoms with van der Waals surface area (Å²) in [4.78, 5) is 15.2. The highest BCUT2D eigenvalue weighted by molar-refractivity contribution is 7.80. The van der Waals surface area contributed by atoms with Crippen molar-refractivity contribution in [3.8, 4) is 0 Å². The molecule has 0 atom stereocenters. The maximum Gasteiger partial charge on any atom is 0.339 e. The van der Waals surface area contributed by atoms with Crippen molar-refractivity contribution in [1.82, 2.24) is 4.98 Å². The molecule has 0 aliphatic heterocycles. The summed E-state index contributed by atoms with van der Waals surface area (Å²) in [6.45, 7) is 0. The van der Waals surface area contributed by atoms with E-state index in [-0.39, 0.29) is 5.94 Å². The van der Waals surface area contributed by atoms with Gasteiger partial charge in [0.1, 0.15) is 11.5 Å². The van der Waals surface area contributed by atoms with Crippen LogP contribution in [0.5, 0.6) is 0 Å². The second kappa shape index (κ2) is 3.71. The summed E-state index contributed by atoms with van der Waals surface area (Å²) in [5.41, 5.74) is 1.73. The number of benzene rings is 1. The van der Waals surface area contributed by atoms with Gasteiger partial charge in [-0.25, -0.2) is 9.78 Å². The van der Waals surface area contributed by atoms with Crippen LogP contribution < -0.4 is 0 Å². The summed E-state index contributed by atoms with van der Waals surface area (Å²) < 4.78 is 9.75. The highest BCUT2D eigenvalue weighted by Crippen LogP contribution is 2.14. The molecule has 0 radical (unpaired) electrons. The van der Waals surface area contributed by atoms with Crippen molar-refractivity contribution >= 4 is 29.7 Å². The predicted octanol–water partition coefficient (Wildman–Crippen LogP) is 1.87. The maximum atomic E-state index is 11.3. The first-order valence-corrected chi connectivity index (χ1v) is 4.56. The number of rotatable bonds is 2. The standard InChI is InChI=1S/C9H7NO3S/c11-9(13-5-14)6-1-2-8-7(3-6)10-4-12-8/h1-4,14H,5H2. The lowest BCUT2D eigenvalue weighted by atomic mass is 10.2. The highest BCUT2D eigenvalue weighted by Gasteiger charge is 2.08. The van der Waals surface area contributed by atoms with Crippen LogP contribution in [0, 0.1) is 0 Å². The topological polar surface area (TPSA) is 52.3 Å². The summed E-state index contributed by atoms with van der Waals surface area (Å²) in [5, 5.41) is 0. The van der Waals surface area contributed by atoms with E-state index < -0.39 is 5.97 Å². The fourth-order valence-corrected chi connectivity index (χ4v) is 1.24. The van der Waals surface area contributed by atoms with Crippen molar-refractivity contribution in [2.24, 2.45) is 0 Å². The van der Waals surface area contributed by atoms with Crippen LogP contribution in [0.3, 0.4) is 0 Å². The average Bonchev–Trinajstić information content (AvgIpc) is 2.64. The quantitative estimate of drug-likeness (QED) is 0.466. The van der Waals surface area contributed by atoms with E-state index in [1.165, 1.54) is 6.39 Å². The third-order valence-corrected chi connectivity index (χ3v) is 1.89. The summed E-state index contributed by atoms with van der Waals surface area (Å²) in [6, 6.07) is 4.92. The fourth-order valence-electron chi connectivity index (χ4n) is 1.13. The number of oxazole rings is 1. The minimum atomic E-state index is -0.412. The molecule has 0 aliphatic carbocycles. The van der Waals surface area contributed by atoms with Gasteiger partial charge in [-0.1, -0.05) is 0 Å². The molecule has 0 N–H and O–H groups in total. The molecule has 1 aromatic heterocycles. The van der Waals surface area contributed by atoms with Gasteiger partial charge in [-0.15, -0.1) is 12.6 Å². The number of hydrogen-bond acceptors (Lipinski definition) is 5. The lowest BCUT2D eigenvalue weighted by Crippen LogP contribution is -2.03.